The minimum absolute atomic E-state index is 0.847. The molecule has 108 valence electrons. The third-order valence-electron chi connectivity index (χ3n) is 3.45. The summed E-state index contributed by atoms with van der Waals surface area (Å²) >= 11 is 0. The Morgan fingerprint density at radius 2 is 1.32 bits per heavy atom. The van der Waals surface area contributed by atoms with Crippen molar-refractivity contribution in [2.24, 2.45) is 10.3 Å². The van der Waals surface area contributed by atoms with Gasteiger partial charge in [0.25, 0.3) is 0 Å². The third kappa shape index (κ3) is 3.20. The number of hydrogen-bond acceptors (Lipinski definition) is 2. The first-order valence-electron chi connectivity index (χ1n) is 7.21. The van der Waals surface area contributed by atoms with Crippen LogP contribution in [0.3, 0.4) is 0 Å². The van der Waals surface area contributed by atoms with E-state index in [2.05, 4.69) is 40.9 Å². The highest BCUT2D eigenvalue weighted by Gasteiger charge is 2.05. The van der Waals surface area contributed by atoms with Crippen LogP contribution in [0.1, 0.15) is 5.56 Å². The fraction of sp³-hybridized carbons (Fsp3) is 0.0526. The van der Waals surface area contributed by atoms with Crippen molar-refractivity contribution in [3.8, 4) is 11.1 Å². The summed E-state index contributed by atoms with van der Waals surface area (Å²) in [6.45, 7) is 2.10. The van der Waals surface area contributed by atoms with E-state index in [9.17, 15) is 0 Å². The number of para-hydroxylation sites is 1. The number of hydrogen-bond donors (Lipinski definition) is 1. The van der Waals surface area contributed by atoms with E-state index in [0.717, 1.165) is 16.9 Å². The topological polar surface area (TPSA) is 36.8 Å². The second kappa shape index (κ2) is 6.68. The molecule has 1 N–H and O–H groups in total. The molecule has 0 amide bonds. The maximum absolute atomic E-state index is 4.33. The molecular weight excluding hydrogens is 270 g/mol. The summed E-state index contributed by atoms with van der Waals surface area (Å²) in [6, 6.07) is 26.1. The van der Waals surface area contributed by atoms with Crippen molar-refractivity contribution in [2.45, 2.75) is 6.92 Å². The highest BCUT2D eigenvalue weighted by atomic mass is 15.4. The third-order valence-corrected chi connectivity index (χ3v) is 3.45. The fourth-order valence-corrected chi connectivity index (χ4v) is 2.31. The van der Waals surface area contributed by atoms with Crippen molar-refractivity contribution in [2.75, 3.05) is 5.43 Å². The standard InChI is InChI=1S/C19H17N3/c1-15-9-5-6-12-17(15)18-13-7-8-14-19(18)21-22-20-16-10-3-2-4-11-16/h2-14H,1H3,(H,20,21). The number of anilines is 1. The molecule has 0 radical (unpaired) electrons. The average Bonchev–Trinajstić information content (AvgIpc) is 2.57. The lowest BCUT2D eigenvalue weighted by molar-refractivity contribution is 1.13. The van der Waals surface area contributed by atoms with Gasteiger partial charge >= 0.3 is 0 Å². The Morgan fingerprint density at radius 1 is 0.682 bits per heavy atom. The van der Waals surface area contributed by atoms with Crippen LogP contribution in [0.2, 0.25) is 0 Å². The maximum Gasteiger partial charge on any atom is 0.0952 e. The molecule has 3 nitrogen and oxygen atoms in total. The van der Waals surface area contributed by atoms with E-state index in [-0.39, 0.29) is 0 Å². The zero-order valence-electron chi connectivity index (χ0n) is 12.4. The molecule has 0 atom stereocenters. The van der Waals surface area contributed by atoms with E-state index < -0.39 is 0 Å². The van der Waals surface area contributed by atoms with Crippen LogP contribution in [0.15, 0.2) is 89.2 Å². The van der Waals surface area contributed by atoms with Gasteiger partial charge < -0.3 is 0 Å². The van der Waals surface area contributed by atoms with Gasteiger partial charge in [0.05, 0.1) is 11.4 Å². The normalized spacial score (nSPS) is 10.8. The first-order valence-corrected chi connectivity index (χ1v) is 7.21. The number of benzene rings is 3. The molecule has 0 fully saturated rings. The monoisotopic (exact) mass is 287 g/mol. The molecule has 22 heavy (non-hydrogen) atoms. The minimum atomic E-state index is 0.847. The van der Waals surface area contributed by atoms with Crippen LogP contribution in [-0.4, -0.2) is 0 Å². The van der Waals surface area contributed by atoms with Crippen LogP contribution in [0.25, 0.3) is 11.1 Å². The van der Waals surface area contributed by atoms with Gasteiger partial charge in [0.1, 0.15) is 0 Å². The van der Waals surface area contributed by atoms with Gasteiger partial charge in [-0.25, -0.2) is 0 Å². The fourth-order valence-electron chi connectivity index (χ4n) is 2.31. The summed E-state index contributed by atoms with van der Waals surface area (Å²) in [5, 5.41) is 8.44. The van der Waals surface area contributed by atoms with E-state index in [1.807, 2.05) is 60.7 Å². The van der Waals surface area contributed by atoms with Gasteiger partial charge in [-0.1, -0.05) is 65.9 Å². The van der Waals surface area contributed by atoms with Crippen molar-refractivity contribution in [1.29, 1.82) is 0 Å². The quantitative estimate of drug-likeness (QED) is 0.479. The van der Waals surface area contributed by atoms with Crippen LogP contribution >= 0.6 is 0 Å². The zero-order chi connectivity index (χ0) is 15.2. The summed E-state index contributed by atoms with van der Waals surface area (Å²) in [5.74, 6) is 0. The molecule has 0 bridgehead atoms. The molecule has 0 heterocycles. The molecular formula is C19H17N3. The Hall–Kier alpha value is -2.94. The van der Waals surface area contributed by atoms with Gasteiger partial charge in [0.2, 0.25) is 0 Å². The van der Waals surface area contributed by atoms with E-state index in [0.29, 0.717) is 0 Å². The van der Waals surface area contributed by atoms with Gasteiger partial charge in [-0.3, -0.25) is 5.43 Å². The van der Waals surface area contributed by atoms with Crippen LogP contribution in [0.5, 0.6) is 0 Å². The lowest BCUT2D eigenvalue weighted by Gasteiger charge is -2.08. The smallest absolute Gasteiger partial charge is 0.0952 e. The number of rotatable bonds is 4. The van der Waals surface area contributed by atoms with Crippen LogP contribution in [0, 0.1) is 6.92 Å². The molecule has 0 spiro atoms. The van der Waals surface area contributed by atoms with Crippen molar-refractivity contribution in [3.63, 3.8) is 0 Å². The molecule has 3 heteroatoms. The average molecular weight is 287 g/mol. The van der Waals surface area contributed by atoms with Gasteiger partial charge in [0.15, 0.2) is 0 Å². The minimum Gasteiger partial charge on any atom is -0.260 e. The largest absolute Gasteiger partial charge is 0.260 e. The number of nitrogens with zero attached hydrogens (tertiary/aromatic N) is 2. The van der Waals surface area contributed by atoms with Crippen molar-refractivity contribution in [3.05, 3.63) is 84.4 Å². The highest BCUT2D eigenvalue weighted by Crippen LogP contribution is 2.32. The lowest BCUT2D eigenvalue weighted by atomic mass is 9.99. The van der Waals surface area contributed by atoms with Gasteiger partial charge in [-0.15, -0.1) is 5.11 Å². The zero-order valence-corrected chi connectivity index (χ0v) is 12.4. The van der Waals surface area contributed by atoms with E-state index in [1.165, 1.54) is 11.1 Å². The summed E-state index contributed by atoms with van der Waals surface area (Å²) < 4.78 is 0. The van der Waals surface area contributed by atoms with E-state index in [1.54, 1.807) is 0 Å². The van der Waals surface area contributed by atoms with Crippen LogP contribution in [-0.2, 0) is 0 Å². The first kappa shape index (κ1) is 14.0. The first-order chi connectivity index (χ1) is 10.8. The SMILES string of the molecule is Cc1ccccc1-c1ccccc1N=NNc1ccccc1. The number of nitrogens with one attached hydrogen (secondary N) is 1. The molecule has 3 aromatic carbocycles. The molecule has 0 aliphatic heterocycles. The van der Waals surface area contributed by atoms with E-state index >= 15 is 0 Å². The molecule has 0 aromatic heterocycles. The van der Waals surface area contributed by atoms with Crippen molar-refractivity contribution in [1.82, 2.24) is 0 Å². The number of aryl methyl sites for hydroxylation is 1. The van der Waals surface area contributed by atoms with Crippen molar-refractivity contribution >= 4 is 11.4 Å². The van der Waals surface area contributed by atoms with Crippen LogP contribution in [0.4, 0.5) is 11.4 Å². The molecule has 0 aliphatic rings. The van der Waals surface area contributed by atoms with Gasteiger partial charge in [-0.2, -0.15) is 0 Å². The molecule has 0 unspecified atom stereocenters. The Morgan fingerprint density at radius 3 is 2.09 bits per heavy atom. The van der Waals surface area contributed by atoms with Gasteiger partial charge in [0, 0.05) is 5.56 Å². The summed E-state index contributed by atoms with van der Waals surface area (Å²) in [4.78, 5) is 0. The lowest BCUT2D eigenvalue weighted by Crippen LogP contribution is -1.86. The molecule has 3 rings (SSSR count). The Balaban J connectivity index is 1.87. The van der Waals surface area contributed by atoms with Crippen molar-refractivity contribution < 1.29 is 0 Å². The van der Waals surface area contributed by atoms with Gasteiger partial charge in [-0.05, 0) is 36.2 Å². The highest BCUT2D eigenvalue weighted by molar-refractivity contribution is 5.77. The second-order valence-corrected chi connectivity index (χ2v) is 5.01. The maximum atomic E-state index is 4.33. The Bertz CT molecular complexity index is 779. The predicted octanol–water partition coefficient (Wildman–Crippen LogP) is 5.77. The Labute approximate surface area is 130 Å². The Kier molecular flexibility index (Phi) is 4.25. The summed E-state index contributed by atoms with van der Waals surface area (Å²) in [7, 11) is 0. The second-order valence-electron chi connectivity index (χ2n) is 5.01. The molecule has 0 saturated carbocycles. The summed E-state index contributed by atoms with van der Waals surface area (Å²) in [5.41, 5.74) is 8.19. The van der Waals surface area contributed by atoms with Crippen LogP contribution < -0.4 is 5.43 Å². The predicted molar refractivity (Wildman–Crippen MR) is 91.2 cm³/mol. The molecule has 0 aliphatic carbocycles. The van der Waals surface area contributed by atoms with E-state index in [4.69, 9.17) is 0 Å². The summed E-state index contributed by atoms with van der Waals surface area (Å²) in [6.07, 6.45) is 0. The molecule has 3 aromatic rings. The molecule has 0 saturated heterocycles.